The number of piperazine rings is 1. The van der Waals surface area contributed by atoms with Gasteiger partial charge in [-0.3, -0.25) is 4.90 Å². The molecule has 1 N–H and O–H groups in total. The van der Waals surface area contributed by atoms with Crippen molar-refractivity contribution in [2.75, 3.05) is 31.1 Å². The number of rotatable bonds is 5. The van der Waals surface area contributed by atoms with Crippen LogP contribution in [0.25, 0.3) is 0 Å². The van der Waals surface area contributed by atoms with E-state index in [0.29, 0.717) is 22.7 Å². The Kier molecular flexibility index (Phi) is 6.73. The SMILES string of the molecule is N#Cc1ccc(C(O)CN2CCN(c3ccc(C#N)cc3Cl)[C@H](c3ccccc3)C2)cc1. The molecule has 3 aromatic rings. The van der Waals surface area contributed by atoms with Crippen LogP contribution in [0.15, 0.2) is 72.8 Å². The van der Waals surface area contributed by atoms with E-state index < -0.39 is 6.10 Å². The highest BCUT2D eigenvalue weighted by atomic mass is 35.5. The zero-order valence-electron chi connectivity index (χ0n) is 17.5. The van der Waals surface area contributed by atoms with Crippen molar-refractivity contribution >= 4 is 17.3 Å². The number of aliphatic hydroxyl groups is 1. The second-order valence-corrected chi connectivity index (χ2v) is 8.31. The fourth-order valence-corrected chi connectivity index (χ4v) is 4.48. The molecule has 1 heterocycles. The first-order valence-corrected chi connectivity index (χ1v) is 10.9. The molecule has 0 aromatic heterocycles. The summed E-state index contributed by atoms with van der Waals surface area (Å²) in [5, 5.41) is 29.5. The first-order valence-electron chi connectivity index (χ1n) is 10.5. The second kappa shape index (κ2) is 9.85. The van der Waals surface area contributed by atoms with Crippen LogP contribution in [0.3, 0.4) is 0 Å². The number of hydrogen-bond acceptors (Lipinski definition) is 5. The van der Waals surface area contributed by atoms with Gasteiger partial charge in [0.15, 0.2) is 0 Å². The summed E-state index contributed by atoms with van der Waals surface area (Å²) in [5.74, 6) is 0. The van der Waals surface area contributed by atoms with Crippen LogP contribution in [0.1, 0.15) is 34.4 Å². The van der Waals surface area contributed by atoms with Crippen LogP contribution >= 0.6 is 11.6 Å². The Morgan fingerprint density at radius 2 is 1.62 bits per heavy atom. The predicted octanol–water partition coefficient (Wildman–Crippen LogP) is 4.68. The molecular weight excluding hydrogens is 420 g/mol. The van der Waals surface area contributed by atoms with Crippen LogP contribution in [0.5, 0.6) is 0 Å². The highest BCUT2D eigenvalue weighted by Gasteiger charge is 2.30. The van der Waals surface area contributed by atoms with Crippen LogP contribution in [0.2, 0.25) is 5.02 Å². The Hall–Kier alpha value is -3.35. The first-order chi connectivity index (χ1) is 15.6. The molecule has 0 aliphatic carbocycles. The Bertz CT molecular complexity index is 1150. The van der Waals surface area contributed by atoms with Gasteiger partial charge in [0.2, 0.25) is 0 Å². The lowest BCUT2D eigenvalue weighted by molar-refractivity contribution is 0.100. The highest BCUT2D eigenvalue weighted by molar-refractivity contribution is 6.33. The van der Waals surface area contributed by atoms with Gasteiger partial charge in [0, 0.05) is 26.2 Å². The summed E-state index contributed by atoms with van der Waals surface area (Å²) in [7, 11) is 0. The average Bonchev–Trinajstić information content (AvgIpc) is 2.84. The molecule has 6 heteroatoms. The van der Waals surface area contributed by atoms with Crippen LogP contribution < -0.4 is 4.90 Å². The van der Waals surface area contributed by atoms with Gasteiger partial charge in [-0.1, -0.05) is 54.1 Å². The molecule has 3 aromatic carbocycles. The minimum atomic E-state index is -0.635. The second-order valence-electron chi connectivity index (χ2n) is 7.91. The van der Waals surface area contributed by atoms with Crippen molar-refractivity contribution in [1.82, 2.24) is 4.90 Å². The molecule has 2 atom stereocenters. The fraction of sp³-hybridized carbons (Fsp3) is 0.231. The Balaban J connectivity index is 1.56. The van der Waals surface area contributed by atoms with E-state index in [2.05, 4.69) is 34.1 Å². The van der Waals surface area contributed by atoms with Gasteiger partial charge < -0.3 is 10.0 Å². The van der Waals surface area contributed by atoms with E-state index in [1.807, 2.05) is 36.4 Å². The number of β-amino-alcohol motifs (C(OH)–C–C–N with tert-alkyl or cyclic N) is 1. The van der Waals surface area contributed by atoms with E-state index in [1.54, 1.807) is 24.3 Å². The van der Waals surface area contributed by atoms with Gasteiger partial charge in [0.05, 0.1) is 46.1 Å². The smallest absolute Gasteiger partial charge is 0.0992 e. The number of aliphatic hydroxyl groups excluding tert-OH is 1. The zero-order valence-corrected chi connectivity index (χ0v) is 18.3. The molecular formula is C26H23ClN4O. The monoisotopic (exact) mass is 442 g/mol. The maximum atomic E-state index is 10.8. The number of halogens is 1. The van der Waals surface area contributed by atoms with Crippen molar-refractivity contribution in [3.05, 3.63) is 100 Å². The average molecular weight is 443 g/mol. The van der Waals surface area contributed by atoms with Crippen molar-refractivity contribution in [3.8, 4) is 12.1 Å². The molecule has 1 unspecified atom stereocenters. The minimum absolute atomic E-state index is 0.0588. The maximum Gasteiger partial charge on any atom is 0.0992 e. The molecule has 1 aliphatic heterocycles. The molecule has 0 radical (unpaired) electrons. The van der Waals surface area contributed by atoms with E-state index >= 15 is 0 Å². The topological polar surface area (TPSA) is 74.3 Å². The minimum Gasteiger partial charge on any atom is -0.387 e. The summed E-state index contributed by atoms with van der Waals surface area (Å²) in [5.41, 5.74) is 4.01. The summed E-state index contributed by atoms with van der Waals surface area (Å²) in [6.07, 6.45) is -0.635. The van der Waals surface area contributed by atoms with Crippen LogP contribution in [-0.4, -0.2) is 36.2 Å². The molecule has 5 nitrogen and oxygen atoms in total. The number of benzene rings is 3. The van der Waals surface area contributed by atoms with Gasteiger partial charge in [0.1, 0.15) is 0 Å². The van der Waals surface area contributed by atoms with Gasteiger partial charge in [-0.05, 0) is 41.5 Å². The summed E-state index contributed by atoms with van der Waals surface area (Å²) in [6.45, 7) is 2.75. The molecule has 0 spiro atoms. The molecule has 1 aliphatic rings. The fourth-order valence-electron chi connectivity index (χ4n) is 4.19. The van der Waals surface area contributed by atoms with E-state index in [1.165, 1.54) is 5.56 Å². The van der Waals surface area contributed by atoms with Gasteiger partial charge in [0.25, 0.3) is 0 Å². The van der Waals surface area contributed by atoms with Crippen LogP contribution in [0, 0.1) is 22.7 Å². The normalized spacial score (nSPS) is 17.4. The molecule has 1 saturated heterocycles. The summed E-state index contributed by atoms with van der Waals surface area (Å²) in [4.78, 5) is 4.54. The maximum absolute atomic E-state index is 10.8. The Morgan fingerprint density at radius 3 is 2.28 bits per heavy atom. The first kappa shape index (κ1) is 21.9. The molecule has 1 fully saturated rings. The zero-order chi connectivity index (χ0) is 22.5. The highest BCUT2D eigenvalue weighted by Crippen LogP contribution is 2.36. The molecule has 4 rings (SSSR count). The predicted molar refractivity (Wildman–Crippen MR) is 125 cm³/mol. The van der Waals surface area contributed by atoms with Gasteiger partial charge in [-0.25, -0.2) is 0 Å². The molecule has 32 heavy (non-hydrogen) atoms. The van der Waals surface area contributed by atoms with Crippen LogP contribution in [0.4, 0.5) is 5.69 Å². The largest absolute Gasteiger partial charge is 0.387 e. The van der Waals surface area contributed by atoms with E-state index in [-0.39, 0.29) is 6.04 Å². The van der Waals surface area contributed by atoms with E-state index in [0.717, 1.165) is 30.9 Å². The van der Waals surface area contributed by atoms with Gasteiger partial charge >= 0.3 is 0 Å². The lowest BCUT2D eigenvalue weighted by atomic mass is 10.00. The molecule has 0 amide bonds. The standard InChI is InChI=1S/C26H23ClN4O/c27-23-14-20(16-29)8-11-24(23)31-13-12-30(17-25(31)21-4-2-1-3-5-21)18-26(32)22-9-6-19(15-28)7-10-22/h1-11,14,25-26,32H,12-13,17-18H2/t25-,26?/m0/s1. The van der Waals surface area contributed by atoms with Crippen molar-refractivity contribution in [2.45, 2.75) is 12.1 Å². The van der Waals surface area contributed by atoms with Gasteiger partial charge in [-0.2, -0.15) is 10.5 Å². The number of anilines is 1. The lowest BCUT2D eigenvalue weighted by Gasteiger charge is -2.44. The molecule has 0 saturated carbocycles. The number of hydrogen-bond donors (Lipinski definition) is 1. The number of nitrogens with zero attached hydrogens (tertiary/aromatic N) is 4. The van der Waals surface area contributed by atoms with Crippen molar-refractivity contribution < 1.29 is 5.11 Å². The third kappa shape index (κ3) is 4.77. The number of nitriles is 2. The third-order valence-electron chi connectivity index (χ3n) is 5.89. The lowest BCUT2D eigenvalue weighted by Crippen LogP contribution is -2.49. The Morgan fingerprint density at radius 1 is 0.938 bits per heavy atom. The molecule has 160 valence electrons. The summed E-state index contributed by atoms with van der Waals surface area (Å²) < 4.78 is 0. The van der Waals surface area contributed by atoms with Crippen molar-refractivity contribution in [3.63, 3.8) is 0 Å². The quantitative estimate of drug-likeness (QED) is 0.621. The summed E-state index contributed by atoms with van der Waals surface area (Å²) in [6, 6.07) is 27.1. The van der Waals surface area contributed by atoms with Gasteiger partial charge in [-0.15, -0.1) is 0 Å². The van der Waals surface area contributed by atoms with Crippen molar-refractivity contribution in [1.29, 1.82) is 10.5 Å². The third-order valence-corrected chi connectivity index (χ3v) is 6.19. The van der Waals surface area contributed by atoms with E-state index in [4.69, 9.17) is 22.1 Å². The van der Waals surface area contributed by atoms with Crippen LogP contribution in [-0.2, 0) is 0 Å². The van der Waals surface area contributed by atoms with Crippen molar-refractivity contribution in [2.24, 2.45) is 0 Å². The van der Waals surface area contributed by atoms with E-state index in [9.17, 15) is 5.11 Å². The summed E-state index contributed by atoms with van der Waals surface area (Å²) >= 11 is 6.55. The Labute approximate surface area is 193 Å². The molecule has 0 bridgehead atoms.